The van der Waals surface area contributed by atoms with Crippen LogP contribution in [0, 0.1) is 6.92 Å². The lowest BCUT2D eigenvalue weighted by molar-refractivity contribution is 0.412. The highest BCUT2D eigenvalue weighted by Crippen LogP contribution is 2.23. The first-order valence-corrected chi connectivity index (χ1v) is 6.18. The van der Waals surface area contributed by atoms with E-state index in [1.807, 2.05) is 37.3 Å². The molecule has 19 heavy (non-hydrogen) atoms. The zero-order valence-electron chi connectivity index (χ0n) is 10.8. The second-order valence-electron chi connectivity index (χ2n) is 4.11. The summed E-state index contributed by atoms with van der Waals surface area (Å²) in [5, 5.41) is 3.21. The van der Waals surface area contributed by atoms with Crippen molar-refractivity contribution in [3.8, 4) is 5.75 Å². The standard InChI is InChI=1S/C14H15N3OS/c1-9-7-11(4-5-12(9)18-2)17-13-6-3-10(8-16-13)14(15)19/h3-8H,1-2H3,(H2,15,19)(H,16,17). The molecule has 0 aliphatic rings. The van der Waals surface area contributed by atoms with E-state index in [1.54, 1.807) is 13.3 Å². The molecule has 0 fully saturated rings. The van der Waals surface area contributed by atoms with E-state index in [-0.39, 0.29) is 0 Å². The van der Waals surface area contributed by atoms with Crippen molar-refractivity contribution in [1.29, 1.82) is 0 Å². The molecule has 0 aliphatic carbocycles. The maximum atomic E-state index is 5.53. The van der Waals surface area contributed by atoms with Crippen molar-refractivity contribution in [3.05, 3.63) is 47.7 Å². The average molecular weight is 273 g/mol. The van der Waals surface area contributed by atoms with Gasteiger partial charge in [-0.1, -0.05) is 12.2 Å². The highest BCUT2D eigenvalue weighted by atomic mass is 32.1. The number of benzene rings is 1. The molecule has 1 aromatic heterocycles. The molecule has 0 spiro atoms. The molecule has 3 N–H and O–H groups in total. The van der Waals surface area contributed by atoms with Crippen LogP contribution in [-0.4, -0.2) is 17.1 Å². The molecule has 0 saturated carbocycles. The van der Waals surface area contributed by atoms with Crippen molar-refractivity contribution in [1.82, 2.24) is 4.98 Å². The predicted octanol–water partition coefficient (Wildman–Crippen LogP) is 2.78. The number of aryl methyl sites for hydroxylation is 1. The van der Waals surface area contributed by atoms with Crippen LogP contribution in [0.25, 0.3) is 0 Å². The molecule has 1 aromatic carbocycles. The molecule has 0 unspecified atom stereocenters. The topological polar surface area (TPSA) is 60.2 Å². The van der Waals surface area contributed by atoms with Gasteiger partial charge in [-0.15, -0.1) is 0 Å². The van der Waals surface area contributed by atoms with E-state index in [9.17, 15) is 0 Å². The first kappa shape index (κ1) is 13.3. The van der Waals surface area contributed by atoms with Crippen LogP contribution in [0.5, 0.6) is 5.75 Å². The zero-order valence-corrected chi connectivity index (χ0v) is 11.6. The van der Waals surface area contributed by atoms with Crippen molar-refractivity contribution in [2.75, 3.05) is 12.4 Å². The lowest BCUT2D eigenvalue weighted by Gasteiger charge is -2.09. The van der Waals surface area contributed by atoms with Crippen molar-refractivity contribution in [2.24, 2.45) is 5.73 Å². The zero-order chi connectivity index (χ0) is 13.8. The maximum Gasteiger partial charge on any atom is 0.130 e. The Balaban J connectivity index is 2.16. The second kappa shape index (κ2) is 5.67. The number of thiocarbonyl (C=S) groups is 1. The number of nitrogens with one attached hydrogen (secondary N) is 1. The maximum absolute atomic E-state index is 5.53. The smallest absolute Gasteiger partial charge is 0.130 e. The number of pyridine rings is 1. The van der Waals surface area contributed by atoms with Crippen molar-refractivity contribution in [2.45, 2.75) is 6.92 Å². The van der Waals surface area contributed by atoms with Crippen LogP contribution in [0.15, 0.2) is 36.5 Å². The number of nitrogens with two attached hydrogens (primary N) is 1. The summed E-state index contributed by atoms with van der Waals surface area (Å²) in [5.41, 5.74) is 8.30. The van der Waals surface area contributed by atoms with E-state index >= 15 is 0 Å². The Hall–Kier alpha value is -2.14. The highest BCUT2D eigenvalue weighted by Gasteiger charge is 2.02. The highest BCUT2D eigenvalue weighted by molar-refractivity contribution is 7.80. The Morgan fingerprint density at radius 3 is 2.63 bits per heavy atom. The monoisotopic (exact) mass is 273 g/mol. The van der Waals surface area contributed by atoms with Gasteiger partial charge in [-0.25, -0.2) is 4.98 Å². The third kappa shape index (κ3) is 3.20. The molecule has 0 amide bonds. The van der Waals surface area contributed by atoms with Gasteiger partial charge in [-0.05, 0) is 42.8 Å². The van der Waals surface area contributed by atoms with Gasteiger partial charge in [0.25, 0.3) is 0 Å². The normalized spacial score (nSPS) is 10.0. The summed E-state index contributed by atoms with van der Waals surface area (Å²) in [5.74, 6) is 1.60. The van der Waals surface area contributed by atoms with Crippen LogP contribution in [0.1, 0.15) is 11.1 Å². The molecule has 0 saturated heterocycles. The molecule has 0 atom stereocenters. The quantitative estimate of drug-likeness (QED) is 0.839. The summed E-state index contributed by atoms with van der Waals surface area (Å²) in [4.78, 5) is 4.60. The molecule has 2 rings (SSSR count). The third-order valence-electron chi connectivity index (χ3n) is 2.72. The Kier molecular flexibility index (Phi) is 3.97. The second-order valence-corrected chi connectivity index (χ2v) is 4.55. The van der Waals surface area contributed by atoms with Crippen LogP contribution in [0.3, 0.4) is 0 Å². The molecule has 4 nitrogen and oxygen atoms in total. The SMILES string of the molecule is COc1ccc(Nc2ccc(C(N)=S)cn2)cc1C. The Bertz CT molecular complexity index is 596. The molecule has 0 bridgehead atoms. The molecule has 1 heterocycles. The number of nitrogens with zero attached hydrogens (tertiary/aromatic N) is 1. The third-order valence-corrected chi connectivity index (χ3v) is 2.95. The predicted molar refractivity (Wildman–Crippen MR) is 81.1 cm³/mol. The largest absolute Gasteiger partial charge is 0.496 e. The lowest BCUT2D eigenvalue weighted by Crippen LogP contribution is -2.09. The fraction of sp³-hybridized carbons (Fsp3) is 0.143. The summed E-state index contributed by atoms with van der Waals surface area (Å²) in [6.07, 6.45) is 1.65. The molecular formula is C14H15N3OS. The first-order valence-electron chi connectivity index (χ1n) is 5.77. The van der Waals surface area contributed by atoms with E-state index in [4.69, 9.17) is 22.7 Å². The fourth-order valence-electron chi connectivity index (χ4n) is 1.72. The number of ether oxygens (including phenoxy) is 1. The van der Waals surface area contributed by atoms with Crippen LogP contribution in [0.2, 0.25) is 0 Å². The summed E-state index contributed by atoms with van der Waals surface area (Å²) in [6, 6.07) is 9.54. The van der Waals surface area contributed by atoms with Gasteiger partial charge in [0.15, 0.2) is 0 Å². The van der Waals surface area contributed by atoms with E-state index < -0.39 is 0 Å². The Labute approximate surface area is 117 Å². The Morgan fingerprint density at radius 2 is 2.11 bits per heavy atom. The number of hydrogen-bond donors (Lipinski definition) is 2. The van der Waals surface area contributed by atoms with Crippen LogP contribution >= 0.6 is 12.2 Å². The van der Waals surface area contributed by atoms with Crippen molar-refractivity contribution in [3.63, 3.8) is 0 Å². The van der Waals surface area contributed by atoms with Crippen molar-refractivity contribution < 1.29 is 4.74 Å². The van der Waals surface area contributed by atoms with Crippen LogP contribution in [0.4, 0.5) is 11.5 Å². The van der Waals surface area contributed by atoms with Gasteiger partial charge in [0.05, 0.1) is 7.11 Å². The van der Waals surface area contributed by atoms with Crippen molar-refractivity contribution >= 4 is 28.7 Å². The molecule has 2 aromatic rings. The van der Waals surface area contributed by atoms with E-state index in [1.165, 1.54) is 0 Å². The van der Waals surface area contributed by atoms with E-state index in [0.717, 1.165) is 28.4 Å². The number of rotatable bonds is 4. The summed E-state index contributed by atoms with van der Waals surface area (Å²) in [6.45, 7) is 1.99. The van der Waals surface area contributed by atoms with Crippen LogP contribution in [-0.2, 0) is 0 Å². The van der Waals surface area contributed by atoms with Gasteiger partial charge in [-0.2, -0.15) is 0 Å². The number of aromatic nitrogens is 1. The summed E-state index contributed by atoms with van der Waals surface area (Å²) in [7, 11) is 1.66. The van der Waals surface area contributed by atoms with E-state index in [0.29, 0.717) is 4.99 Å². The molecule has 5 heteroatoms. The number of methoxy groups -OCH3 is 1. The van der Waals surface area contributed by atoms with Gasteiger partial charge < -0.3 is 15.8 Å². The molecule has 0 aliphatic heterocycles. The van der Waals surface area contributed by atoms with Gasteiger partial charge in [0.1, 0.15) is 16.6 Å². The fourth-order valence-corrected chi connectivity index (χ4v) is 1.84. The van der Waals surface area contributed by atoms with Gasteiger partial charge >= 0.3 is 0 Å². The average Bonchev–Trinajstić information content (AvgIpc) is 2.39. The minimum absolute atomic E-state index is 0.347. The first-order chi connectivity index (χ1) is 9.10. The van der Waals surface area contributed by atoms with Gasteiger partial charge in [0, 0.05) is 17.4 Å². The van der Waals surface area contributed by atoms with Gasteiger partial charge in [0.2, 0.25) is 0 Å². The van der Waals surface area contributed by atoms with Gasteiger partial charge in [-0.3, -0.25) is 0 Å². The lowest BCUT2D eigenvalue weighted by atomic mass is 10.2. The molecule has 98 valence electrons. The van der Waals surface area contributed by atoms with E-state index in [2.05, 4.69) is 10.3 Å². The Morgan fingerprint density at radius 1 is 1.32 bits per heavy atom. The summed E-state index contributed by atoms with van der Waals surface area (Å²) >= 11 is 4.88. The summed E-state index contributed by atoms with van der Waals surface area (Å²) < 4.78 is 5.22. The number of hydrogen-bond acceptors (Lipinski definition) is 4. The number of anilines is 2. The molecule has 0 radical (unpaired) electrons. The van der Waals surface area contributed by atoms with Crippen LogP contribution < -0.4 is 15.8 Å². The molecular weight excluding hydrogens is 258 g/mol. The minimum atomic E-state index is 0.347. The minimum Gasteiger partial charge on any atom is -0.496 e.